The zero-order valence-electron chi connectivity index (χ0n) is 6.01. The molecule has 0 spiro atoms. The molecule has 0 saturated heterocycles. The predicted molar refractivity (Wildman–Crippen MR) is 47.2 cm³/mol. The lowest BCUT2D eigenvalue weighted by Gasteiger charge is -2.09. The van der Waals surface area contributed by atoms with Gasteiger partial charge in [0.1, 0.15) is 0 Å². The van der Waals surface area contributed by atoms with Gasteiger partial charge < -0.3 is 4.74 Å². The molecule has 0 aromatic rings. The average molecular weight is 164 g/mol. The van der Waals surface area contributed by atoms with Crippen molar-refractivity contribution in [3.05, 3.63) is 0 Å². The monoisotopic (exact) mass is 164 g/mol. The van der Waals surface area contributed by atoms with Crippen LogP contribution in [0.3, 0.4) is 0 Å². The summed E-state index contributed by atoms with van der Waals surface area (Å²) in [6, 6.07) is 0. The minimum Gasteiger partial charge on any atom is -0.373 e. The molecular weight excluding hydrogens is 152 g/mol. The summed E-state index contributed by atoms with van der Waals surface area (Å²) < 4.78 is 6.16. The van der Waals surface area contributed by atoms with Crippen molar-refractivity contribution in [1.29, 1.82) is 0 Å². The summed E-state index contributed by atoms with van der Waals surface area (Å²) in [5, 5.41) is 0. The molecule has 0 aliphatic heterocycles. The van der Waals surface area contributed by atoms with Gasteiger partial charge in [-0.2, -0.15) is 0 Å². The van der Waals surface area contributed by atoms with Crippen molar-refractivity contribution in [2.45, 2.75) is 20.0 Å². The number of thiocarbonyl (C=S) groups is 1. The van der Waals surface area contributed by atoms with E-state index in [9.17, 15) is 0 Å². The summed E-state index contributed by atoms with van der Waals surface area (Å²) in [6.45, 7) is 4.68. The Balaban J connectivity index is 3.45. The van der Waals surface area contributed by atoms with Crippen molar-refractivity contribution in [2.24, 2.45) is 0 Å². The lowest BCUT2D eigenvalue weighted by Crippen LogP contribution is -2.15. The van der Waals surface area contributed by atoms with Gasteiger partial charge in [0, 0.05) is 6.61 Å². The van der Waals surface area contributed by atoms with Gasteiger partial charge in [-0.1, -0.05) is 12.2 Å². The third-order valence-electron chi connectivity index (χ3n) is 0.950. The van der Waals surface area contributed by atoms with Crippen molar-refractivity contribution >= 4 is 28.2 Å². The molecule has 0 radical (unpaired) electrons. The summed E-state index contributed by atoms with van der Waals surface area (Å²) >= 11 is 6.56. The Morgan fingerprint density at radius 1 is 1.78 bits per heavy atom. The second-order valence-corrected chi connectivity index (χ2v) is 3.17. The maximum absolute atomic E-state index is 5.23. The van der Waals surface area contributed by atoms with Gasteiger partial charge in [-0.3, -0.25) is 0 Å². The zero-order chi connectivity index (χ0) is 7.28. The van der Waals surface area contributed by atoms with Crippen LogP contribution in [0.1, 0.15) is 13.8 Å². The van der Waals surface area contributed by atoms with E-state index in [1.54, 1.807) is 11.8 Å². The fourth-order valence-corrected chi connectivity index (χ4v) is 0.952. The van der Waals surface area contributed by atoms with E-state index in [4.69, 9.17) is 17.0 Å². The van der Waals surface area contributed by atoms with Gasteiger partial charge in [0.05, 0.1) is 10.3 Å². The van der Waals surface area contributed by atoms with Gasteiger partial charge in [0.15, 0.2) is 0 Å². The van der Waals surface area contributed by atoms with Crippen molar-refractivity contribution in [1.82, 2.24) is 0 Å². The average Bonchev–Trinajstić information content (AvgIpc) is 1.87. The molecule has 0 aromatic heterocycles. The molecule has 0 bridgehead atoms. The first-order chi connectivity index (χ1) is 4.22. The van der Waals surface area contributed by atoms with Crippen molar-refractivity contribution in [3.8, 4) is 0 Å². The zero-order valence-corrected chi connectivity index (χ0v) is 7.64. The largest absolute Gasteiger partial charge is 0.373 e. The highest BCUT2D eigenvalue weighted by atomic mass is 32.2. The van der Waals surface area contributed by atoms with E-state index < -0.39 is 0 Å². The topological polar surface area (TPSA) is 9.23 Å². The standard InChI is InChI=1S/C6H12OS2/c1-4-7-5(2)6(8)9-3/h5H,4H2,1-3H3. The van der Waals surface area contributed by atoms with Crippen LogP contribution in [0.15, 0.2) is 0 Å². The Labute approximate surface area is 66.2 Å². The molecule has 0 saturated carbocycles. The lowest BCUT2D eigenvalue weighted by atomic mass is 10.5. The molecule has 9 heavy (non-hydrogen) atoms. The highest BCUT2D eigenvalue weighted by molar-refractivity contribution is 8.22. The van der Waals surface area contributed by atoms with Gasteiger partial charge in [-0.25, -0.2) is 0 Å². The SMILES string of the molecule is CCOC(C)C(=S)SC. The van der Waals surface area contributed by atoms with E-state index in [-0.39, 0.29) is 6.10 Å². The summed E-state index contributed by atoms with van der Waals surface area (Å²) in [5.41, 5.74) is 0. The minimum atomic E-state index is 0.125. The second kappa shape index (κ2) is 5.21. The van der Waals surface area contributed by atoms with Gasteiger partial charge >= 0.3 is 0 Å². The molecule has 0 aliphatic rings. The molecule has 0 amide bonds. The van der Waals surface area contributed by atoms with E-state index in [2.05, 4.69) is 0 Å². The van der Waals surface area contributed by atoms with Crippen molar-refractivity contribution in [3.63, 3.8) is 0 Å². The Morgan fingerprint density at radius 3 is 2.67 bits per heavy atom. The fourth-order valence-electron chi connectivity index (χ4n) is 0.484. The number of ether oxygens (including phenoxy) is 1. The maximum atomic E-state index is 5.23. The first kappa shape index (κ1) is 9.40. The first-order valence-corrected chi connectivity index (χ1v) is 4.55. The molecular formula is C6H12OS2. The number of hydrogen-bond donors (Lipinski definition) is 0. The van der Waals surface area contributed by atoms with E-state index >= 15 is 0 Å². The molecule has 1 nitrogen and oxygen atoms in total. The highest BCUT2D eigenvalue weighted by Gasteiger charge is 2.04. The van der Waals surface area contributed by atoms with Crippen LogP contribution in [0.4, 0.5) is 0 Å². The van der Waals surface area contributed by atoms with Gasteiger partial charge in [0.25, 0.3) is 0 Å². The Morgan fingerprint density at radius 2 is 2.33 bits per heavy atom. The fraction of sp³-hybridized carbons (Fsp3) is 0.833. The normalized spacial score (nSPS) is 13.2. The predicted octanol–water partition coefficient (Wildman–Crippen LogP) is 2.10. The van der Waals surface area contributed by atoms with E-state index in [0.29, 0.717) is 0 Å². The third kappa shape index (κ3) is 3.89. The van der Waals surface area contributed by atoms with Crippen LogP contribution >= 0.6 is 24.0 Å². The smallest absolute Gasteiger partial charge is 0.0956 e. The van der Waals surface area contributed by atoms with E-state index in [1.165, 1.54) is 0 Å². The third-order valence-corrected chi connectivity index (χ3v) is 2.52. The van der Waals surface area contributed by atoms with Gasteiger partial charge in [0.2, 0.25) is 0 Å². The molecule has 0 aliphatic carbocycles. The van der Waals surface area contributed by atoms with Crippen LogP contribution in [0, 0.1) is 0 Å². The van der Waals surface area contributed by atoms with Crippen LogP contribution in [0.5, 0.6) is 0 Å². The van der Waals surface area contributed by atoms with Crippen LogP contribution < -0.4 is 0 Å². The van der Waals surface area contributed by atoms with Crippen molar-refractivity contribution in [2.75, 3.05) is 12.9 Å². The van der Waals surface area contributed by atoms with Crippen LogP contribution in [0.25, 0.3) is 0 Å². The number of rotatable bonds is 3. The second-order valence-electron chi connectivity index (χ2n) is 1.62. The molecule has 0 heterocycles. The molecule has 0 aromatic carbocycles. The summed E-state index contributed by atoms with van der Waals surface area (Å²) in [5.74, 6) is 0. The quantitative estimate of drug-likeness (QED) is 0.591. The molecule has 1 atom stereocenters. The Hall–Kier alpha value is 0.400. The van der Waals surface area contributed by atoms with Crippen LogP contribution in [-0.4, -0.2) is 23.2 Å². The highest BCUT2D eigenvalue weighted by Crippen LogP contribution is 2.05. The number of thioether (sulfide) groups is 1. The Bertz CT molecular complexity index is 93.1. The van der Waals surface area contributed by atoms with Crippen LogP contribution in [-0.2, 0) is 4.74 Å². The first-order valence-electron chi connectivity index (χ1n) is 2.91. The van der Waals surface area contributed by atoms with Gasteiger partial charge in [-0.05, 0) is 20.1 Å². The summed E-state index contributed by atoms with van der Waals surface area (Å²) in [6.07, 6.45) is 2.10. The van der Waals surface area contributed by atoms with E-state index in [1.807, 2.05) is 20.1 Å². The molecule has 1 unspecified atom stereocenters. The Kier molecular flexibility index (Phi) is 5.44. The van der Waals surface area contributed by atoms with Crippen molar-refractivity contribution < 1.29 is 4.74 Å². The molecule has 0 fully saturated rings. The lowest BCUT2D eigenvalue weighted by molar-refractivity contribution is 0.126. The molecule has 0 rings (SSSR count). The maximum Gasteiger partial charge on any atom is 0.0956 e. The summed E-state index contributed by atoms with van der Waals surface area (Å²) in [7, 11) is 0. The molecule has 3 heteroatoms. The molecule has 54 valence electrons. The van der Waals surface area contributed by atoms with Gasteiger partial charge in [-0.15, -0.1) is 11.8 Å². The summed E-state index contributed by atoms with van der Waals surface area (Å²) in [4.78, 5) is 0. The molecule has 0 N–H and O–H groups in total. The van der Waals surface area contributed by atoms with E-state index in [0.717, 1.165) is 10.8 Å². The number of hydrogen-bond acceptors (Lipinski definition) is 3. The van der Waals surface area contributed by atoms with Crippen LogP contribution in [0.2, 0.25) is 0 Å². The minimum absolute atomic E-state index is 0.125.